The Labute approximate surface area is 115 Å². The van der Waals surface area contributed by atoms with Crippen molar-refractivity contribution in [2.45, 2.75) is 57.7 Å². The van der Waals surface area contributed by atoms with E-state index in [4.69, 9.17) is 0 Å². The minimum absolute atomic E-state index is 0.623. The van der Waals surface area contributed by atoms with Gasteiger partial charge < -0.3 is 5.32 Å². The van der Waals surface area contributed by atoms with Gasteiger partial charge in [0.25, 0.3) is 0 Å². The average molecular weight is 266 g/mol. The van der Waals surface area contributed by atoms with Crippen LogP contribution in [0, 0.1) is 23.7 Å². The zero-order chi connectivity index (χ0) is 12.7. The Kier molecular flexibility index (Phi) is 3.61. The highest BCUT2D eigenvalue weighted by atomic mass is 32.2. The Morgan fingerprint density at radius 1 is 1.22 bits per heavy atom. The van der Waals surface area contributed by atoms with Gasteiger partial charge in [0, 0.05) is 11.3 Å². The number of thioether (sulfide) groups is 1. The molecule has 2 nitrogen and oxygen atoms in total. The van der Waals surface area contributed by atoms with E-state index in [0.29, 0.717) is 11.3 Å². The van der Waals surface area contributed by atoms with Gasteiger partial charge in [0.2, 0.25) is 0 Å². The van der Waals surface area contributed by atoms with Crippen molar-refractivity contribution in [2.24, 2.45) is 28.7 Å². The van der Waals surface area contributed by atoms with E-state index in [1.165, 1.54) is 30.9 Å². The molecular weight excluding hydrogens is 240 g/mol. The van der Waals surface area contributed by atoms with E-state index in [2.05, 4.69) is 31.1 Å². The lowest BCUT2D eigenvalue weighted by atomic mass is 9.84. The first kappa shape index (κ1) is 12.8. The molecule has 0 radical (unpaired) electrons. The molecule has 18 heavy (non-hydrogen) atoms. The van der Waals surface area contributed by atoms with Crippen LogP contribution in [0.25, 0.3) is 0 Å². The van der Waals surface area contributed by atoms with Gasteiger partial charge in [-0.25, -0.2) is 0 Å². The molecule has 2 saturated carbocycles. The zero-order valence-electron chi connectivity index (χ0n) is 11.9. The molecule has 2 fully saturated rings. The van der Waals surface area contributed by atoms with Crippen LogP contribution >= 0.6 is 11.8 Å². The summed E-state index contributed by atoms with van der Waals surface area (Å²) < 4.78 is 0. The Hall–Kier alpha value is -0.180. The Bertz CT molecular complexity index is 339. The predicted molar refractivity (Wildman–Crippen MR) is 80.1 cm³/mol. The lowest BCUT2D eigenvalue weighted by Crippen LogP contribution is -2.38. The number of hydrogen-bond donors (Lipinski definition) is 1. The van der Waals surface area contributed by atoms with Crippen LogP contribution in [0.15, 0.2) is 4.99 Å². The van der Waals surface area contributed by atoms with Crippen LogP contribution in [0.1, 0.15) is 46.5 Å². The molecule has 0 amide bonds. The zero-order valence-corrected chi connectivity index (χ0v) is 12.7. The third-order valence-corrected chi connectivity index (χ3v) is 6.67. The molecule has 0 aromatic carbocycles. The first-order valence-corrected chi connectivity index (χ1v) is 8.49. The van der Waals surface area contributed by atoms with Gasteiger partial charge in [-0.3, -0.25) is 4.99 Å². The SMILES string of the molecule is CC(C)C1CN=C(NC(C)C2CC3CCC2C3)S1. The quantitative estimate of drug-likeness (QED) is 0.845. The molecule has 3 heteroatoms. The smallest absolute Gasteiger partial charge is 0.157 e. The van der Waals surface area contributed by atoms with Gasteiger partial charge in [-0.15, -0.1) is 0 Å². The number of amidine groups is 1. The van der Waals surface area contributed by atoms with Gasteiger partial charge in [-0.2, -0.15) is 0 Å². The Morgan fingerprint density at radius 2 is 2.06 bits per heavy atom. The fourth-order valence-electron chi connectivity index (χ4n) is 4.03. The van der Waals surface area contributed by atoms with Crippen molar-refractivity contribution in [2.75, 3.05) is 6.54 Å². The van der Waals surface area contributed by atoms with Crippen LogP contribution in [0.5, 0.6) is 0 Å². The van der Waals surface area contributed by atoms with E-state index in [1.54, 1.807) is 0 Å². The van der Waals surface area contributed by atoms with Crippen molar-refractivity contribution in [1.82, 2.24) is 5.32 Å². The second-order valence-electron chi connectivity index (χ2n) is 6.82. The topological polar surface area (TPSA) is 24.4 Å². The van der Waals surface area contributed by atoms with E-state index in [1.807, 2.05) is 11.8 Å². The summed E-state index contributed by atoms with van der Waals surface area (Å²) in [4.78, 5) is 4.68. The van der Waals surface area contributed by atoms with Gasteiger partial charge in [-0.1, -0.05) is 32.0 Å². The van der Waals surface area contributed by atoms with Gasteiger partial charge >= 0.3 is 0 Å². The summed E-state index contributed by atoms with van der Waals surface area (Å²) >= 11 is 1.96. The van der Waals surface area contributed by atoms with Crippen molar-refractivity contribution >= 4 is 16.9 Å². The van der Waals surface area contributed by atoms with E-state index in [9.17, 15) is 0 Å². The summed E-state index contributed by atoms with van der Waals surface area (Å²) in [5.74, 6) is 3.69. The molecule has 1 N–H and O–H groups in total. The molecule has 5 unspecified atom stereocenters. The maximum Gasteiger partial charge on any atom is 0.157 e. The highest BCUT2D eigenvalue weighted by molar-refractivity contribution is 8.14. The molecule has 3 rings (SSSR count). The van der Waals surface area contributed by atoms with Crippen LogP contribution in [0.3, 0.4) is 0 Å². The molecule has 2 bridgehead atoms. The number of nitrogens with one attached hydrogen (secondary N) is 1. The van der Waals surface area contributed by atoms with Gasteiger partial charge in [0.15, 0.2) is 5.17 Å². The molecular formula is C15H26N2S. The molecule has 102 valence electrons. The second kappa shape index (κ2) is 5.07. The normalized spacial score (nSPS) is 40.3. The summed E-state index contributed by atoms with van der Waals surface area (Å²) in [6.45, 7) is 7.98. The largest absolute Gasteiger partial charge is 0.362 e. The van der Waals surface area contributed by atoms with Crippen LogP contribution in [-0.2, 0) is 0 Å². The molecule has 0 aromatic rings. The first-order valence-electron chi connectivity index (χ1n) is 7.61. The lowest BCUT2D eigenvalue weighted by molar-refractivity contribution is 0.279. The second-order valence-corrected chi connectivity index (χ2v) is 8.05. The Balaban J connectivity index is 1.51. The van der Waals surface area contributed by atoms with Crippen molar-refractivity contribution in [1.29, 1.82) is 0 Å². The molecule has 1 aliphatic heterocycles. The van der Waals surface area contributed by atoms with E-state index in [0.717, 1.165) is 30.2 Å². The molecule has 0 spiro atoms. The molecule has 3 aliphatic rings. The highest BCUT2D eigenvalue weighted by Gasteiger charge is 2.42. The Morgan fingerprint density at radius 3 is 2.61 bits per heavy atom. The average Bonchev–Trinajstić information content (AvgIpc) is 3.03. The van der Waals surface area contributed by atoms with Crippen molar-refractivity contribution in [3.05, 3.63) is 0 Å². The standard InChI is InChI=1S/C15H26N2S/c1-9(2)14-8-16-15(18-14)17-10(3)13-7-11-4-5-12(13)6-11/h9-14H,4-8H2,1-3H3,(H,16,17). The van der Waals surface area contributed by atoms with Crippen molar-refractivity contribution in [3.63, 3.8) is 0 Å². The molecule has 2 aliphatic carbocycles. The predicted octanol–water partition coefficient (Wildman–Crippen LogP) is 3.53. The monoisotopic (exact) mass is 266 g/mol. The highest BCUT2D eigenvalue weighted by Crippen LogP contribution is 2.49. The summed E-state index contributed by atoms with van der Waals surface area (Å²) in [5, 5.41) is 5.61. The maximum absolute atomic E-state index is 4.68. The third kappa shape index (κ3) is 2.43. The van der Waals surface area contributed by atoms with Crippen LogP contribution < -0.4 is 5.32 Å². The van der Waals surface area contributed by atoms with E-state index < -0.39 is 0 Å². The molecule has 5 atom stereocenters. The van der Waals surface area contributed by atoms with Gasteiger partial charge in [0.1, 0.15) is 0 Å². The number of fused-ring (bicyclic) bond motifs is 2. The summed E-state index contributed by atoms with van der Waals surface area (Å²) in [5.41, 5.74) is 0. The number of nitrogens with zero attached hydrogens (tertiary/aromatic N) is 1. The van der Waals surface area contributed by atoms with Crippen molar-refractivity contribution in [3.8, 4) is 0 Å². The molecule has 0 aromatic heterocycles. The maximum atomic E-state index is 4.68. The van der Waals surface area contributed by atoms with E-state index in [-0.39, 0.29) is 0 Å². The summed E-state index contributed by atoms with van der Waals surface area (Å²) in [7, 11) is 0. The minimum atomic E-state index is 0.623. The number of rotatable bonds is 3. The lowest BCUT2D eigenvalue weighted by Gasteiger charge is -2.29. The fourth-order valence-corrected chi connectivity index (χ4v) is 5.14. The molecule has 1 heterocycles. The van der Waals surface area contributed by atoms with Gasteiger partial charge in [-0.05, 0) is 49.9 Å². The van der Waals surface area contributed by atoms with Gasteiger partial charge in [0.05, 0.1) is 6.54 Å². The number of aliphatic imine (C=N–C) groups is 1. The summed E-state index contributed by atoms with van der Waals surface area (Å²) in [6.07, 6.45) is 5.95. The minimum Gasteiger partial charge on any atom is -0.362 e. The first-order chi connectivity index (χ1) is 8.63. The number of hydrogen-bond acceptors (Lipinski definition) is 3. The fraction of sp³-hybridized carbons (Fsp3) is 0.933. The van der Waals surface area contributed by atoms with Crippen LogP contribution in [0.4, 0.5) is 0 Å². The molecule has 0 saturated heterocycles. The van der Waals surface area contributed by atoms with Crippen LogP contribution in [-0.4, -0.2) is 23.0 Å². The summed E-state index contributed by atoms with van der Waals surface area (Å²) in [6, 6.07) is 0.623. The van der Waals surface area contributed by atoms with Crippen molar-refractivity contribution < 1.29 is 0 Å². The van der Waals surface area contributed by atoms with E-state index >= 15 is 0 Å². The van der Waals surface area contributed by atoms with Crippen LogP contribution in [0.2, 0.25) is 0 Å². The third-order valence-electron chi connectivity index (χ3n) is 5.21.